The fraction of sp³-hybridized carbons (Fsp3) is 0.400. The molecule has 3 aromatic rings. The Hall–Kier alpha value is -2.79. The molecule has 0 bridgehead atoms. The summed E-state index contributed by atoms with van der Waals surface area (Å²) in [5, 5.41) is 0.957. The number of benzene rings is 2. The van der Waals surface area contributed by atoms with Crippen LogP contribution in [0.5, 0.6) is 5.75 Å². The number of aryl methyl sites for hydroxylation is 1. The van der Waals surface area contributed by atoms with Gasteiger partial charge in [0.2, 0.25) is 0 Å². The molecule has 1 fully saturated rings. The Morgan fingerprint density at radius 2 is 2.07 bits per heavy atom. The molecule has 5 heteroatoms. The molecule has 30 heavy (non-hydrogen) atoms. The maximum atomic E-state index is 12.8. The van der Waals surface area contributed by atoms with E-state index in [4.69, 9.17) is 9.47 Å². The van der Waals surface area contributed by atoms with Crippen molar-refractivity contribution in [3.05, 3.63) is 64.8 Å². The lowest BCUT2D eigenvalue weighted by Crippen LogP contribution is -2.59. The van der Waals surface area contributed by atoms with E-state index in [-0.39, 0.29) is 5.97 Å². The Labute approximate surface area is 177 Å². The molecule has 1 aromatic heterocycles. The number of carbonyl (C=O) groups excluding carboxylic acids is 1. The molecule has 0 aliphatic carbocycles. The van der Waals surface area contributed by atoms with E-state index in [0.29, 0.717) is 18.1 Å². The topological polar surface area (TPSA) is 54.6 Å². The molecule has 2 atom stereocenters. The van der Waals surface area contributed by atoms with Crippen LogP contribution >= 0.6 is 0 Å². The molecule has 5 nitrogen and oxygen atoms in total. The second kappa shape index (κ2) is 7.17. The van der Waals surface area contributed by atoms with Gasteiger partial charge in [0, 0.05) is 40.2 Å². The Morgan fingerprint density at radius 1 is 1.27 bits per heavy atom. The van der Waals surface area contributed by atoms with Crippen molar-refractivity contribution in [3.63, 3.8) is 0 Å². The number of carbonyl (C=O) groups is 1. The molecule has 2 unspecified atom stereocenters. The third kappa shape index (κ3) is 2.68. The summed E-state index contributed by atoms with van der Waals surface area (Å²) in [6.45, 7) is 5.14. The van der Waals surface area contributed by atoms with Crippen LogP contribution < -0.4 is 4.74 Å². The summed E-state index contributed by atoms with van der Waals surface area (Å²) >= 11 is 0. The summed E-state index contributed by atoms with van der Waals surface area (Å²) in [5.74, 6) is 0.901. The van der Waals surface area contributed by atoms with Gasteiger partial charge in [0.15, 0.2) is 5.72 Å². The van der Waals surface area contributed by atoms with Gasteiger partial charge in [0.1, 0.15) is 5.75 Å². The Bertz CT molecular complexity index is 1100. The molecular weight excluding hydrogens is 376 g/mol. The summed E-state index contributed by atoms with van der Waals surface area (Å²) < 4.78 is 12.3. The van der Waals surface area contributed by atoms with Gasteiger partial charge in [-0.25, -0.2) is 4.79 Å². The molecule has 0 spiro atoms. The second-order valence-electron chi connectivity index (χ2n) is 8.44. The van der Waals surface area contributed by atoms with E-state index in [1.54, 1.807) is 0 Å². The number of ether oxygens (including phenoxy) is 2. The van der Waals surface area contributed by atoms with Crippen LogP contribution in [-0.4, -0.2) is 36.1 Å². The number of nitrogens with zero attached hydrogens (tertiary/aromatic N) is 1. The van der Waals surface area contributed by atoms with E-state index in [0.717, 1.165) is 53.7 Å². The Kier molecular flexibility index (Phi) is 4.58. The highest BCUT2D eigenvalue weighted by Crippen LogP contribution is 2.51. The van der Waals surface area contributed by atoms with Gasteiger partial charge in [-0.15, -0.1) is 0 Å². The number of H-pyrrole nitrogens is 1. The number of aromatic nitrogens is 1. The van der Waals surface area contributed by atoms with Crippen molar-refractivity contribution in [2.45, 2.75) is 38.8 Å². The van der Waals surface area contributed by atoms with Crippen LogP contribution in [0.3, 0.4) is 0 Å². The Balaban J connectivity index is 1.71. The highest BCUT2D eigenvalue weighted by molar-refractivity contribution is 6.07. The predicted octanol–water partition coefficient (Wildman–Crippen LogP) is 4.78. The molecule has 156 valence electrons. The monoisotopic (exact) mass is 404 g/mol. The van der Waals surface area contributed by atoms with E-state index < -0.39 is 5.72 Å². The van der Waals surface area contributed by atoms with Gasteiger partial charge < -0.3 is 14.5 Å². The first-order valence-corrected chi connectivity index (χ1v) is 10.8. The lowest BCUT2D eigenvalue weighted by molar-refractivity contribution is -0.155. The molecule has 5 rings (SSSR count). The van der Waals surface area contributed by atoms with Crippen LogP contribution in [0.15, 0.2) is 42.5 Å². The number of piperidine rings is 1. The molecule has 1 N–H and O–H groups in total. The van der Waals surface area contributed by atoms with Crippen LogP contribution in [0, 0.1) is 12.8 Å². The van der Waals surface area contributed by atoms with Gasteiger partial charge in [-0.05, 0) is 52.3 Å². The SMILES string of the molecule is CCOC(=O)c1c(C)[nH]c2ccc3c(c12)CC1CCCN(C)C1(c1ccccc1)O3. The van der Waals surface area contributed by atoms with Gasteiger partial charge in [0.25, 0.3) is 0 Å². The molecule has 2 aliphatic heterocycles. The average Bonchev–Trinajstić information content (AvgIpc) is 3.10. The molecule has 0 radical (unpaired) electrons. The van der Waals surface area contributed by atoms with Crippen molar-refractivity contribution in [2.75, 3.05) is 20.2 Å². The minimum Gasteiger partial charge on any atom is -0.468 e. The number of esters is 1. The predicted molar refractivity (Wildman–Crippen MR) is 117 cm³/mol. The highest BCUT2D eigenvalue weighted by Gasteiger charge is 2.51. The minimum atomic E-state index is -0.477. The fourth-order valence-electron chi connectivity index (χ4n) is 5.48. The molecule has 2 aromatic carbocycles. The molecule has 3 heterocycles. The third-order valence-electron chi connectivity index (χ3n) is 6.77. The summed E-state index contributed by atoms with van der Waals surface area (Å²) in [5.41, 5.74) is 4.29. The van der Waals surface area contributed by atoms with Crippen molar-refractivity contribution in [1.29, 1.82) is 0 Å². The van der Waals surface area contributed by atoms with Crippen molar-refractivity contribution < 1.29 is 14.3 Å². The molecule has 1 saturated heterocycles. The van der Waals surface area contributed by atoms with Crippen LogP contribution in [0.4, 0.5) is 0 Å². The number of fused-ring (bicyclic) bond motifs is 4. The van der Waals surface area contributed by atoms with Crippen LogP contribution in [-0.2, 0) is 16.9 Å². The van der Waals surface area contributed by atoms with Gasteiger partial charge in [-0.3, -0.25) is 4.90 Å². The number of nitrogens with one attached hydrogen (secondary N) is 1. The second-order valence-corrected chi connectivity index (χ2v) is 8.44. The third-order valence-corrected chi connectivity index (χ3v) is 6.77. The summed E-state index contributed by atoms with van der Waals surface area (Å²) in [6.07, 6.45) is 3.10. The normalized spacial score (nSPS) is 23.5. The van der Waals surface area contributed by atoms with E-state index in [1.807, 2.05) is 32.0 Å². The standard InChI is InChI=1S/C25H28N2O3/c1-4-29-24(28)22-16(2)26-20-12-13-21-19(23(20)22)15-18-11-8-14-27(3)25(18,30-21)17-9-6-5-7-10-17/h5-7,9-10,12-13,18,26H,4,8,11,14-15H2,1-3H3. The van der Waals surface area contributed by atoms with Crippen LogP contribution in [0.1, 0.15) is 46.9 Å². The van der Waals surface area contributed by atoms with E-state index in [2.05, 4.69) is 41.2 Å². The zero-order valence-corrected chi connectivity index (χ0v) is 17.8. The van der Waals surface area contributed by atoms with Crippen LogP contribution in [0.25, 0.3) is 10.9 Å². The van der Waals surface area contributed by atoms with Crippen molar-refractivity contribution >= 4 is 16.9 Å². The Morgan fingerprint density at radius 3 is 2.83 bits per heavy atom. The molecular formula is C25H28N2O3. The van der Waals surface area contributed by atoms with E-state index in [9.17, 15) is 4.79 Å². The maximum Gasteiger partial charge on any atom is 0.340 e. The maximum absolute atomic E-state index is 12.8. The van der Waals surface area contributed by atoms with E-state index in [1.165, 1.54) is 5.56 Å². The first-order chi connectivity index (χ1) is 14.6. The van der Waals surface area contributed by atoms with Gasteiger partial charge in [-0.1, -0.05) is 30.3 Å². The summed E-state index contributed by atoms with van der Waals surface area (Å²) in [7, 11) is 2.16. The number of hydrogen-bond donors (Lipinski definition) is 1. The van der Waals surface area contributed by atoms with E-state index >= 15 is 0 Å². The smallest absolute Gasteiger partial charge is 0.340 e. The van der Waals surface area contributed by atoms with Crippen molar-refractivity contribution in [1.82, 2.24) is 9.88 Å². The van der Waals surface area contributed by atoms with Gasteiger partial charge in [0.05, 0.1) is 12.2 Å². The number of likely N-dealkylation sites (tertiary alicyclic amines) is 1. The summed E-state index contributed by atoms with van der Waals surface area (Å²) in [6, 6.07) is 14.6. The first kappa shape index (κ1) is 19.2. The highest BCUT2D eigenvalue weighted by atomic mass is 16.5. The fourth-order valence-corrected chi connectivity index (χ4v) is 5.48. The number of rotatable bonds is 3. The lowest BCUT2D eigenvalue weighted by Gasteiger charge is -2.53. The molecule has 2 aliphatic rings. The summed E-state index contributed by atoms with van der Waals surface area (Å²) in [4.78, 5) is 18.5. The largest absolute Gasteiger partial charge is 0.468 e. The molecule has 0 saturated carbocycles. The minimum absolute atomic E-state index is 0.268. The van der Waals surface area contributed by atoms with Crippen molar-refractivity contribution in [3.8, 4) is 5.75 Å². The number of aromatic amines is 1. The van der Waals surface area contributed by atoms with Crippen LogP contribution in [0.2, 0.25) is 0 Å². The van der Waals surface area contributed by atoms with Crippen molar-refractivity contribution in [2.24, 2.45) is 5.92 Å². The zero-order chi connectivity index (χ0) is 20.9. The van der Waals surface area contributed by atoms with Gasteiger partial charge in [-0.2, -0.15) is 0 Å². The first-order valence-electron chi connectivity index (χ1n) is 10.8. The molecule has 0 amide bonds. The quantitative estimate of drug-likeness (QED) is 0.638. The van der Waals surface area contributed by atoms with Gasteiger partial charge >= 0.3 is 5.97 Å². The average molecular weight is 405 g/mol. The lowest BCUT2D eigenvalue weighted by atomic mass is 9.75. The number of hydrogen-bond acceptors (Lipinski definition) is 4. The zero-order valence-electron chi connectivity index (χ0n) is 17.8.